The predicted molar refractivity (Wildman–Crippen MR) is 124 cm³/mol. The molecule has 0 saturated heterocycles. The van der Waals surface area contributed by atoms with Gasteiger partial charge in [0.1, 0.15) is 6.61 Å². The Bertz CT molecular complexity index is 1080. The van der Waals surface area contributed by atoms with Gasteiger partial charge in [0.15, 0.2) is 5.78 Å². The molecular weight excluding hydrogens is 410 g/mol. The summed E-state index contributed by atoms with van der Waals surface area (Å²) in [6.07, 6.45) is 3.26. The molecule has 0 unspecified atom stereocenters. The van der Waals surface area contributed by atoms with Crippen molar-refractivity contribution in [2.45, 2.75) is 5.92 Å². The smallest absolute Gasteiger partial charge is 0.407 e. The Kier molecular flexibility index (Phi) is 6.48. The summed E-state index contributed by atoms with van der Waals surface area (Å²) in [4.78, 5) is 23.7. The van der Waals surface area contributed by atoms with Gasteiger partial charge in [-0.15, -0.1) is 11.6 Å². The third-order valence-electron chi connectivity index (χ3n) is 5.37. The quantitative estimate of drug-likeness (QED) is 0.388. The van der Waals surface area contributed by atoms with E-state index in [4.69, 9.17) is 16.3 Å². The molecule has 5 heteroatoms. The summed E-state index contributed by atoms with van der Waals surface area (Å²) in [7, 11) is 0. The minimum absolute atomic E-state index is 0.0285. The Morgan fingerprint density at radius 1 is 0.903 bits per heavy atom. The maximum atomic E-state index is 12.2. The van der Waals surface area contributed by atoms with Crippen LogP contribution in [0.3, 0.4) is 0 Å². The summed E-state index contributed by atoms with van der Waals surface area (Å²) in [5.41, 5.74) is 6.30. The van der Waals surface area contributed by atoms with Crippen LogP contribution in [0.2, 0.25) is 0 Å². The van der Waals surface area contributed by atoms with Gasteiger partial charge in [-0.05, 0) is 27.8 Å². The van der Waals surface area contributed by atoms with Gasteiger partial charge < -0.3 is 10.1 Å². The number of carbonyl (C=O) groups is 2. The topological polar surface area (TPSA) is 55.4 Å². The summed E-state index contributed by atoms with van der Waals surface area (Å²) in [5, 5.41) is 2.74. The monoisotopic (exact) mass is 431 g/mol. The Morgan fingerprint density at radius 3 is 2.13 bits per heavy atom. The first-order valence-corrected chi connectivity index (χ1v) is 10.7. The summed E-state index contributed by atoms with van der Waals surface area (Å²) in [5.74, 6) is -0.0868. The molecule has 1 amide bonds. The number of ketones is 1. The van der Waals surface area contributed by atoms with Crippen LogP contribution in [0.25, 0.3) is 17.2 Å². The van der Waals surface area contributed by atoms with Crippen molar-refractivity contribution in [2.24, 2.45) is 0 Å². The summed E-state index contributed by atoms with van der Waals surface area (Å²) in [6, 6.07) is 23.6. The molecule has 0 atom stereocenters. The predicted octanol–water partition coefficient (Wildman–Crippen LogP) is 5.66. The average molecular weight is 432 g/mol. The van der Waals surface area contributed by atoms with Crippen LogP contribution in [-0.2, 0) is 4.74 Å². The average Bonchev–Trinajstić information content (AvgIpc) is 3.14. The lowest BCUT2D eigenvalue weighted by molar-refractivity contribution is 0.102. The van der Waals surface area contributed by atoms with Crippen LogP contribution in [-0.4, -0.2) is 30.9 Å². The number of amides is 1. The maximum Gasteiger partial charge on any atom is 0.407 e. The van der Waals surface area contributed by atoms with E-state index >= 15 is 0 Å². The molecule has 0 spiro atoms. The molecule has 0 saturated carbocycles. The molecule has 0 aliphatic heterocycles. The lowest BCUT2D eigenvalue weighted by Gasteiger charge is -2.14. The molecule has 1 aliphatic rings. The van der Waals surface area contributed by atoms with Crippen LogP contribution in [0.4, 0.5) is 4.79 Å². The van der Waals surface area contributed by atoms with Gasteiger partial charge in [-0.1, -0.05) is 84.9 Å². The first-order valence-electron chi connectivity index (χ1n) is 10.1. The number of alkyl halides is 1. The Hall–Kier alpha value is -3.37. The Morgan fingerprint density at radius 2 is 1.52 bits per heavy atom. The SMILES string of the molecule is O=C(NCC=Cc1ccc(C(=O)CCl)cc1)OCC1c2ccccc2-c2ccccc21. The fourth-order valence-corrected chi connectivity index (χ4v) is 4.00. The van der Waals surface area contributed by atoms with E-state index in [1.807, 2.05) is 48.6 Å². The molecule has 4 rings (SSSR count). The maximum absolute atomic E-state index is 12.2. The molecule has 3 aromatic carbocycles. The van der Waals surface area contributed by atoms with Crippen LogP contribution in [0, 0.1) is 0 Å². The summed E-state index contributed by atoms with van der Waals surface area (Å²) < 4.78 is 5.51. The fraction of sp³-hybridized carbons (Fsp3) is 0.154. The van der Waals surface area contributed by atoms with Gasteiger partial charge in [0.25, 0.3) is 0 Å². The molecule has 0 heterocycles. The minimum atomic E-state index is -0.449. The largest absolute Gasteiger partial charge is 0.449 e. The number of halogens is 1. The molecule has 1 N–H and O–H groups in total. The van der Waals surface area contributed by atoms with Crippen molar-refractivity contribution in [2.75, 3.05) is 19.0 Å². The molecule has 0 aromatic heterocycles. The second-order valence-corrected chi connectivity index (χ2v) is 7.55. The number of ether oxygens (including phenoxy) is 1. The third-order valence-corrected chi connectivity index (χ3v) is 5.61. The van der Waals surface area contributed by atoms with Crippen molar-refractivity contribution in [1.29, 1.82) is 0 Å². The highest BCUT2D eigenvalue weighted by Crippen LogP contribution is 2.44. The van der Waals surface area contributed by atoms with Gasteiger partial charge in [-0.2, -0.15) is 0 Å². The van der Waals surface area contributed by atoms with E-state index in [2.05, 4.69) is 29.6 Å². The molecule has 3 aromatic rings. The minimum Gasteiger partial charge on any atom is -0.449 e. The highest BCUT2D eigenvalue weighted by atomic mass is 35.5. The van der Waals surface area contributed by atoms with Crippen LogP contribution in [0.15, 0.2) is 78.9 Å². The van der Waals surface area contributed by atoms with E-state index in [0.717, 1.165) is 5.56 Å². The number of hydrogen-bond donors (Lipinski definition) is 1. The highest BCUT2D eigenvalue weighted by molar-refractivity contribution is 6.30. The van der Waals surface area contributed by atoms with Crippen molar-refractivity contribution < 1.29 is 14.3 Å². The Balaban J connectivity index is 1.29. The second-order valence-electron chi connectivity index (χ2n) is 7.29. The summed E-state index contributed by atoms with van der Waals surface area (Å²) in [6.45, 7) is 0.638. The van der Waals surface area contributed by atoms with Crippen LogP contribution >= 0.6 is 11.6 Å². The van der Waals surface area contributed by atoms with Crippen LogP contribution < -0.4 is 5.32 Å². The Labute approximate surface area is 186 Å². The molecule has 4 nitrogen and oxygen atoms in total. The zero-order chi connectivity index (χ0) is 21.6. The van der Waals surface area contributed by atoms with Crippen molar-refractivity contribution in [3.63, 3.8) is 0 Å². The van der Waals surface area contributed by atoms with E-state index in [-0.39, 0.29) is 17.6 Å². The molecule has 0 radical (unpaired) electrons. The first-order chi connectivity index (χ1) is 15.2. The number of fused-ring (bicyclic) bond motifs is 3. The molecule has 1 aliphatic carbocycles. The van der Waals surface area contributed by atoms with Crippen molar-refractivity contribution in [3.05, 3.63) is 101 Å². The molecule has 156 valence electrons. The van der Waals surface area contributed by atoms with E-state index in [1.54, 1.807) is 12.1 Å². The van der Waals surface area contributed by atoms with Gasteiger partial charge in [-0.25, -0.2) is 4.79 Å². The van der Waals surface area contributed by atoms with Gasteiger partial charge in [0.2, 0.25) is 0 Å². The van der Waals surface area contributed by atoms with Crippen LogP contribution in [0.1, 0.15) is 33.0 Å². The molecule has 31 heavy (non-hydrogen) atoms. The van der Waals surface area contributed by atoms with Crippen LogP contribution in [0.5, 0.6) is 0 Å². The molecule has 0 bridgehead atoms. The van der Waals surface area contributed by atoms with Crippen molar-refractivity contribution in [1.82, 2.24) is 5.32 Å². The van der Waals surface area contributed by atoms with Gasteiger partial charge in [0.05, 0.1) is 5.88 Å². The van der Waals surface area contributed by atoms with E-state index < -0.39 is 6.09 Å². The van der Waals surface area contributed by atoms with Crippen molar-refractivity contribution >= 4 is 29.6 Å². The van der Waals surface area contributed by atoms with Gasteiger partial charge in [0, 0.05) is 18.0 Å². The number of nitrogens with one attached hydrogen (secondary N) is 1. The number of carbonyl (C=O) groups excluding carboxylic acids is 2. The van der Waals surface area contributed by atoms with E-state index in [0.29, 0.717) is 18.7 Å². The number of benzene rings is 3. The van der Waals surface area contributed by atoms with E-state index in [9.17, 15) is 9.59 Å². The lowest BCUT2D eigenvalue weighted by Crippen LogP contribution is -2.26. The number of Topliss-reactive ketones (excluding diaryl/α,β-unsaturated/α-hetero) is 1. The molecule has 0 fully saturated rings. The van der Waals surface area contributed by atoms with Gasteiger partial charge in [-0.3, -0.25) is 4.79 Å². The normalized spacial score (nSPS) is 12.4. The first kappa shape index (κ1) is 20.9. The zero-order valence-corrected chi connectivity index (χ0v) is 17.6. The van der Waals surface area contributed by atoms with Crippen molar-refractivity contribution in [3.8, 4) is 11.1 Å². The second kappa shape index (κ2) is 9.63. The molecular formula is C26H22ClNO3. The fourth-order valence-electron chi connectivity index (χ4n) is 3.84. The highest BCUT2D eigenvalue weighted by Gasteiger charge is 2.28. The van der Waals surface area contributed by atoms with E-state index in [1.165, 1.54) is 22.3 Å². The number of alkyl carbamates (subject to hydrolysis) is 1. The lowest BCUT2D eigenvalue weighted by atomic mass is 9.98. The number of rotatable bonds is 7. The number of hydrogen-bond acceptors (Lipinski definition) is 3. The van der Waals surface area contributed by atoms with Gasteiger partial charge >= 0.3 is 6.09 Å². The third kappa shape index (κ3) is 4.70. The zero-order valence-electron chi connectivity index (χ0n) is 16.9. The standard InChI is InChI=1S/C26H22ClNO3/c27-16-25(29)19-13-11-18(12-14-19)6-5-15-28-26(30)31-17-24-22-9-3-1-7-20(22)21-8-2-4-10-23(21)24/h1-14,24H,15-17H2,(H,28,30). The summed E-state index contributed by atoms with van der Waals surface area (Å²) >= 11 is 5.56.